The van der Waals surface area contributed by atoms with E-state index < -0.39 is 47.4 Å². The SMILES string of the molecule is CC(C)[C@@H](F)C(=O)N(c1ccc(OC(F)(F)F)cc1)C(C)(C(=O)NCCc1cccc(F)c1)c1cncnc1. The Morgan fingerprint density at radius 3 is 2.26 bits per heavy atom. The molecule has 0 aliphatic rings. The standard InChI is InChI=1S/C27H27F5N4O3/c1-17(2)23(29)24(37)36(21-7-9-22(10-8-21)39-27(30,31)32)26(3,19-14-33-16-34-15-19)25(38)35-12-11-18-5-4-6-20(28)13-18/h4-10,13-17,23H,11-12H2,1-3H3,(H,35,38)/t23-,26?/m1/s1. The summed E-state index contributed by atoms with van der Waals surface area (Å²) in [6.07, 6.45) is -2.99. The minimum absolute atomic E-state index is 0.0369. The van der Waals surface area contributed by atoms with E-state index in [0.717, 1.165) is 29.2 Å². The molecule has 1 heterocycles. The zero-order chi connectivity index (χ0) is 28.8. The molecule has 7 nitrogen and oxygen atoms in total. The molecule has 0 saturated carbocycles. The topological polar surface area (TPSA) is 84.4 Å². The number of rotatable bonds is 10. The van der Waals surface area contributed by atoms with E-state index in [-0.39, 0.29) is 24.2 Å². The molecule has 1 aromatic heterocycles. The summed E-state index contributed by atoms with van der Waals surface area (Å²) in [7, 11) is 0. The van der Waals surface area contributed by atoms with Gasteiger partial charge in [-0.05, 0) is 61.2 Å². The van der Waals surface area contributed by atoms with E-state index in [4.69, 9.17) is 0 Å². The van der Waals surface area contributed by atoms with Crippen molar-refractivity contribution in [1.82, 2.24) is 15.3 Å². The number of ether oxygens (including phenoxy) is 1. The van der Waals surface area contributed by atoms with Crippen LogP contribution in [0.15, 0.2) is 67.3 Å². The van der Waals surface area contributed by atoms with Crippen LogP contribution in [-0.4, -0.2) is 40.9 Å². The van der Waals surface area contributed by atoms with Crippen molar-refractivity contribution in [2.24, 2.45) is 5.92 Å². The molecule has 0 radical (unpaired) electrons. The minimum atomic E-state index is -4.95. The number of alkyl halides is 4. The molecular formula is C27H27F5N4O3. The lowest BCUT2D eigenvalue weighted by molar-refractivity contribution is -0.274. The zero-order valence-electron chi connectivity index (χ0n) is 21.4. The lowest BCUT2D eigenvalue weighted by Gasteiger charge is -2.41. The fourth-order valence-electron chi connectivity index (χ4n) is 3.91. The van der Waals surface area contributed by atoms with E-state index in [0.29, 0.717) is 5.56 Å². The molecule has 2 amide bonds. The highest BCUT2D eigenvalue weighted by Crippen LogP contribution is 2.36. The van der Waals surface area contributed by atoms with Gasteiger partial charge < -0.3 is 10.1 Å². The van der Waals surface area contributed by atoms with Crippen LogP contribution in [-0.2, 0) is 21.5 Å². The summed E-state index contributed by atoms with van der Waals surface area (Å²) >= 11 is 0. The molecule has 3 rings (SSSR count). The summed E-state index contributed by atoms with van der Waals surface area (Å²) in [6, 6.07) is 9.94. The van der Waals surface area contributed by atoms with Crippen LogP contribution in [0.2, 0.25) is 0 Å². The van der Waals surface area contributed by atoms with E-state index >= 15 is 4.39 Å². The molecule has 0 bridgehead atoms. The van der Waals surface area contributed by atoms with Gasteiger partial charge in [-0.15, -0.1) is 13.2 Å². The first-order valence-electron chi connectivity index (χ1n) is 11.9. The number of carbonyl (C=O) groups excluding carboxylic acids is 2. The number of hydrogen-bond donors (Lipinski definition) is 1. The van der Waals surface area contributed by atoms with Crippen LogP contribution in [0, 0.1) is 11.7 Å². The second-order valence-electron chi connectivity index (χ2n) is 9.20. The van der Waals surface area contributed by atoms with E-state index in [1.54, 1.807) is 6.07 Å². The van der Waals surface area contributed by atoms with Gasteiger partial charge in [-0.1, -0.05) is 26.0 Å². The van der Waals surface area contributed by atoms with Crippen LogP contribution >= 0.6 is 0 Å². The van der Waals surface area contributed by atoms with E-state index in [1.807, 2.05) is 0 Å². The monoisotopic (exact) mass is 550 g/mol. The maximum Gasteiger partial charge on any atom is 0.573 e. The molecule has 208 valence electrons. The lowest BCUT2D eigenvalue weighted by Crippen LogP contribution is -2.59. The molecule has 1 N–H and O–H groups in total. The molecule has 0 saturated heterocycles. The third-order valence-corrected chi connectivity index (χ3v) is 5.97. The van der Waals surface area contributed by atoms with E-state index in [2.05, 4.69) is 20.0 Å². The second-order valence-corrected chi connectivity index (χ2v) is 9.20. The van der Waals surface area contributed by atoms with Gasteiger partial charge in [-0.2, -0.15) is 0 Å². The first-order chi connectivity index (χ1) is 18.3. The highest BCUT2D eigenvalue weighted by Gasteiger charge is 2.47. The van der Waals surface area contributed by atoms with Gasteiger partial charge in [-0.25, -0.2) is 18.7 Å². The molecule has 12 heteroatoms. The number of benzene rings is 2. The molecular weight excluding hydrogens is 523 g/mol. The maximum absolute atomic E-state index is 15.2. The van der Waals surface area contributed by atoms with Crippen molar-refractivity contribution in [1.29, 1.82) is 0 Å². The van der Waals surface area contributed by atoms with Crippen molar-refractivity contribution in [2.75, 3.05) is 11.4 Å². The number of nitrogens with one attached hydrogen (secondary N) is 1. The summed E-state index contributed by atoms with van der Waals surface area (Å²) in [5.74, 6) is -3.62. The van der Waals surface area contributed by atoms with Crippen LogP contribution in [0.25, 0.3) is 0 Å². The van der Waals surface area contributed by atoms with Gasteiger partial charge in [-0.3, -0.25) is 14.5 Å². The number of halogens is 5. The van der Waals surface area contributed by atoms with Gasteiger partial charge in [0.15, 0.2) is 11.7 Å². The van der Waals surface area contributed by atoms with Crippen LogP contribution in [0.3, 0.4) is 0 Å². The van der Waals surface area contributed by atoms with Crippen LogP contribution in [0.5, 0.6) is 5.75 Å². The Balaban J connectivity index is 2.04. The molecule has 2 atom stereocenters. The molecule has 3 aromatic rings. The average molecular weight is 551 g/mol. The minimum Gasteiger partial charge on any atom is -0.406 e. The van der Waals surface area contributed by atoms with Crippen molar-refractivity contribution in [3.63, 3.8) is 0 Å². The summed E-state index contributed by atoms with van der Waals surface area (Å²) in [4.78, 5) is 36.0. The fourth-order valence-corrected chi connectivity index (χ4v) is 3.91. The van der Waals surface area contributed by atoms with Gasteiger partial charge in [0.2, 0.25) is 0 Å². The summed E-state index contributed by atoms with van der Waals surface area (Å²) in [6.45, 7) is 4.34. The molecule has 0 fully saturated rings. The molecule has 39 heavy (non-hydrogen) atoms. The zero-order valence-corrected chi connectivity index (χ0v) is 21.4. The molecule has 1 unspecified atom stereocenters. The Bertz CT molecular complexity index is 1270. The number of hydrogen-bond acceptors (Lipinski definition) is 5. The third kappa shape index (κ3) is 7.27. The number of nitrogens with zero attached hydrogens (tertiary/aromatic N) is 3. The normalized spacial score (nSPS) is 13.9. The van der Waals surface area contributed by atoms with Crippen LogP contribution in [0.4, 0.5) is 27.6 Å². The Morgan fingerprint density at radius 2 is 1.69 bits per heavy atom. The predicted octanol–water partition coefficient (Wildman–Crippen LogP) is 5.12. The predicted molar refractivity (Wildman–Crippen MR) is 133 cm³/mol. The van der Waals surface area contributed by atoms with Crippen LogP contribution < -0.4 is 15.0 Å². The molecule has 0 spiro atoms. The molecule has 2 aromatic carbocycles. The Labute approximate surface area is 222 Å². The lowest BCUT2D eigenvalue weighted by atomic mass is 9.88. The summed E-state index contributed by atoms with van der Waals surface area (Å²) in [5, 5.41) is 2.70. The van der Waals surface area contributed by atoms with Gasteiger partial charge in [0.1, 0.15) is 17.9 Å². The highest BCUT2D eigenvalue weighted by molar-refractivity contribution is 6.05. The van der Waals surface area contributed by atoms with Gasteiger partial charge in [0, 0.05) is 30.2 Å². The van der Waals surface area contributed by atoms with E-state index in [9.17, 15) is 27.2 Å². The number of amides is 2. The van der Waals surface area contributed by atoms with Crippen molar-refractivity contribution in [2.45, 2.75) is 45.3 Å². The van der Waals surface area contributed by atoms with Crippen molar-refractivity contribution in [3.8, 4) is 5.75 Å². The van der Waals surface area contributed by atoms with Gasteiger partial charge in [0.05, 0.1) is 0 Å². The number of anilines is 1. The smallest absolute Gasteiger partial charge is 0.406 e. The number of aromatic nitrogens is 2. The van der Waals surface area contributed by atoms with Crippen molar-refractivity contribution < 1.29 is 36.3 Å². The summed E-state index contributed by atoms with van der Waals surface area (Å²) in [5.41, 5.74) is -1.28. The largest absolute Gasteiger partial charge is 0.573 e. The Morgan fingerprint density at radius 1 is 1.05 bits per heavy atom. The average Bonchev–Trinajstić information content (AvgIpc) is 2.88. The van der Waals surface area contributed by atoms with E-state index in [1.165, 1.54) is 57.7 Å². The quantitative estimate of drug-likeness (QED) is 0.355. The van der Waals surface area contributed by atoms with Gasteiger partial charge >= 0.3 is 6.36 Å². The second kappa shape index (κ2) is 12.2. The van der Waals surface area contributed by atoms with Crippen LogP contribution in [0.1, 0.15) is 31.9 Å². The van der Waals surface area contributed by atoms with Gasteiger partial charge in [0.25, 0.3) is 11.8 Å². The highest BCUT2D eigenvalue weighted by atomic mass is 19.4. The maximum atomic E-state index is 15.2. The third-order valence-electron chi connectivity index (χ3n) is 5.97. The van der Waals surface area contributed by atoms with Crippen molar-refractivity contribution in [3.05, 3.63) is 84.2 Å². The first kappa shape index (κ1) is 29.5. The Kier molecular flexibility index (Phi) is 9.20. The fraction of sp³-hybridized carbons (Fsp3) is 0.333. The number of carbonyl (C=O) groups is 2. The molecule has 0 aliphatic carbocycles. The Hall–Kier alpha value is -4.09. The molecule has 0 aliphatic heterocycles. The van der Waals surface area contributed by atoms with Crippen molar-refractivity contribution >= 4 is 17.5 Å². The summed E-state index contributed by atoms with van der Waals surface area (Å²) < 4.78 is 70.7. The first-order valence-corrected chi connectivity index (χ1v) is 11.9.